The maximum Gasteiger partial charge on any atom is 0.338 e. The van der Waals surface area contributed by atoms with E-state index in [9.17, 15) is 4.79 Å². The van der Waals surface area contributed by atoms with Gasteiger partial charge < -0.3 is 18.9 Å². The molecule has 5 nitrogen and oxygen atoms in total. The summed E-state index contributed by atoms with van der Waals surface area (Å²) in [6.07, 6.45) is 0. The number of carbonyl (C=O) groups excluding carboxylic acids is 1. The number of hydrogen-bond donors (Lipinski definition) is 0. The Hall–Kier alpha value is -2.95. The lowest BCUT2D eigenvalue weighted by Gasteiger charge is -2.15. The van der Waals surface area contributed by atoms with Gasteiger partial charge in [0.15, 0.2) is 23.0 Å². The molecular formula is C18H18O5. The molecule has 5 heteroatoms. The Balaban J connectivity index is 2.41. The fourth-order valence-electron chi connectivity index (χ4n) is 1.84. The van der Waals surface area contributed by atoms with Crippen molar-refractivity contribution in [2.45, 2.75) is 6.92 Å². The van der Waals surface area contributed by atoms with Gasteiger partial charge in [-0.2, -0.15) is 0 Å². The number of hydrogen-bond acceptors (Lipinski definition) is 5. The minimum atomic E-state index is -0.556. The van der Waals surface area contributed by atoms with Crippen molar-refractivity contribution in [2.75, 3.05) is 14.2 Å². The molecule has 0 aliphatic rings. The van der Waals surface area contributed by atoms with Gasteiger partial charge in [-0.3, -0.25) is 0 Å². The molecule has 0 spiro atoms. The second kappa shape index (κ2) is 7.35. The van der Waals surface area contributed by atoms with Gasteiger partial charge >= 0.3 is 5.97 Å². The molecule has 0 heterocycles. The molecule has 2 rings (SSSR count). The average molecular weight is 314 g/mol. The minimum absolute atomic E-state index is 0.189. The molecule has 0 radical (unpaired) electrons. The van der Waals surface area contributed by atoms with Crippen LogP contribution in [0.2, 0.25) is 0 Å². The number of rotatable bonds is 6. The van der Waals surface area contributed by atoms with E-state index in [-0.39, 0.29) is 11.3 Å². The molecule has 0 unspecified atom stereocenters. The molecule has 0 N–H and O–H groups in total. The molecule has 0 aliphatic carbocycles. The van der Waals surface area contributed by atoms with Gasteiger partial charge in [-0.1, -0.05) is 24.8 Å². The Bertz CT molecular complexity index is 721. The van der Waals surface area contributed by atoms with Gasteiger partial charge in [0.25, 0.3) is 0 Å². The Morgan fingerprint density at radius 2 is 1.43 bits per heavy atom. The zero-order chi connectivity index (χ0) is 16.8. The fraction of sp³-hybridized carbons (Fsp3) is 0.167. The van der Waals surface area contributed by atoms with Crippen LogP contribution in [-0.2, 0) is 4.79 Å². The molecule has 0 bridgehead atoms. The highest BCUT2D eigenvalue weighted by molar-refractivity contribution is 5.89. The largest absolute Gasteiger partial charge is 0.493 e. The Labute approximate surface area is 135 Å². The van der Waals surface area contributed by atoms with Gasteiger partial charge in [-0.05, 0) is 31.2 Å². The van der Waals surface area contributed by atoms with Crippen LogP contribution < -0.4 is 18.9 Å². The first-order chi connectivity index (χ1) is 11.1. The van der Waals surface area contributed by atoms with Crippen molar-refractivity contribution >= 4 is 5.97 Å². The van der Waals surface area contributed by atoms with Crippen LogP contribution in [0.5, 0.6) is 28.7 Å². The first-order valence-corrected chi connectivity index (χ1v) is 6.92. The third-order valence-corrected chi connectivity index (χ3v) is 2.99. The molecule has 0 aromatic heterocycles. The highest BCUT2D eigenvalue weighted by atomic mass is 16.6. The molecule has 23 heavy (non-hydrogen) atoms. The summed E-state index contributed by atoms with van der Waals surface area (Å²) >= 11 is 0. The Kier molecular flexibility index (Phi) is 5.25. The second-order valence-corrected chi connectivity index (χ2v) is 4.71. The van der Waals surface area contributed by atoms with Crippen molar-refractivity contribution in [1.29, 1.82) is 0 Å². The van der Waals surface area contributed by atoms with Crippen LogP contribution >= 0.6 is 0 Å². The number of esters is 1. The third-order valence-electron chi connectivity index (χ3n) is 2.99. The van der Waals surface area contributed by atoms with Crippen molar-refractivity contribution in [1.82, 2.24) is 0 Å². The van der Waals surface area contributed by atoms with Crippen LogP contribution in [0.25, 0.3) is 0 Å². The van der Waals surface area contributed by atoms with E-state index in [0.29, 0.717) is 23.0 Å². The van der Waals surface area contributed by atoms with Crippen molar-refractivity contribution in [3.05, 3.63) is 54.6 Å². The van der Waals surface area contributed by atoms with Crippen LogP contribution in [-0.4, -0.2) is 20.2 Å². The lowest BCUT2D eigenvalue weighted by molar-refractivity contribution is -0.130. The van der Waals surface area contributed by atoms with Crippen LogP contribution in [0.3, 0.4) is 0 Å². The Morgan fingerprint density at radius 1 is 0.870 bits per heavy atom. The lowest BCUT2D eigenvalue weighted by Crippen LogP contribution is -2.10. The zero-order valence-corrected chi connectivity index (χ0v) is 13.3. The maximum absolute atomic E-state index is 11.9. The van der Waals surface area contributed by atoms with Crippen LogP contribution in [0.4, 0.5) is 0 Å². The topological polar surface area (TPSA) is 54.0 Å². The molecule has 0 saturated heterocycles. The summed E-state index contributed by atoms with van der Waals surface area (Å²) in [6, 6.07) is 12.3. The molecule has 0 atom stereocenters. The van der Waals surface area contributed by atoms with E-state index in [4.69, 9.17) is 18.9 Å². The van der Waals surface area contributed by atoms with Crippen molar-refractivity contribution in [3.63, 3.8) is 0 Å². The van der Waals surface area contributed by atoms with Gasteiger partial charge in [0.05, 0.1) is 14.2 Å². The summed E-state index contributed by atoms with van der Waals surface area (Å²) < 4.78 is 21.7. The highest BCUT2D eigenvalue weighted by Gasteiger charge is 2.18. The summed E-state index contributed by atoms with van der Waals surface area (Å²) in [5, 5.41) is 0. The van der Waals surface area contributed by atoms with Gasteiger partial charge in [-0.25, -0.2) is 4.79 Å². The molecule has 0 amide bonds. The zero-order valence-electron chi connectivity index (χ0n) is 13.3. The van der Waals surface area contributed by atoms with Gasteiger partial charge in [0, 0.05) is 5.57 Å². The normalized spacial score (nSPS) is 9.87. The minimum Gasteiger partial charge on any atom is -0.493 e. The van der Waals surface area contributed by atoms with Crippen LogP contribution in [0.1, 0.15) is 6.92 Å². The number of para-hydroxylation sites is 3. The predicted octanol–water partition coefficient (Wildman–Crippen LogP) is 3.98. The molecular weight excluding hydrogens is 296 g/mol. The fourth-order valence-corrected chi connectivity index (χ4v) is 1.84. The van der Waals surface area contributed by atoms with E-state index >= 15 is 0 Å². The smallest absolute Gasteiger partial charge is 0.338 e. The summed E-state index contributed by atoms with van der Waals surface area (Å²) in [4.78, 5) is 11.9. The standard InChI is InChI=1S/C18H18O5/c1-12(2)18(19)23-17-15(21-4)10-7-11-16(17)22-14-9-6-5-8-13(14)20-3/h5-11H,1H2,2-4H3. The number of ether oxygens (including phenoxy) is 4. The molecule has 2 aromatic carbocycles. The first kappa shape index (κ1) is 16.4. The summed E-state index contributed by atoms with van der Waals surface area (Å²) in [7, 11) is 3.04. The van der Waals surface area contributed by atoms with Gasteiger partial charge in [-0.15, -0.1) is 0 Å². The molecule has 2 aromatic rings. The van der Waals surface area contributed by atoms with E-state index in [1.807, 2.05) is 12.1 Å². The predicted molar refractivity (Wildman–Crippen MR) is 86.5 cm³/mol. The van der Waals surface area contributed by atoms with Gasteiger partial charge in [0.1, 0.15) is 0 Å². The van der Waals surface area contributed by atoms with Crippen molar-refractivity contribution in [3.8, 4) is 28.7 Å². The van der Waals surface area contributed by atoms with Crippen LogP contribution in [0.15, 0.2) is 54.6 Å². The monoisotopic (exact) mass is 314 g/mol. The van der Waals surface area contributed by atoms with Crippen molar-refractivity contribution in [2.24, 2.45) is 0 Å². The number of methoxy groups -OCH3 is 2. The molecule has 0 fully saturated rings. The summed E-state index contributed by atoms with van der Waals surface area (Å²) in [5.41, 5.74) is 0.277. The van der Waals surface area contributed by atoms with E-state index in [2.05, 4.69) is 6.58 Å². The van der Waals surface area contributed by atoms with E-state index in [0.717, 1.165) is 0 Å². The lowest BCUT2D eigenvalue weighted by atomic mass is 10.2. The molecule has 0 aliphatic heterocycles. The quantitative estimate of drug-likeness (QED) is 0.458. The first-order valence-electron chi connectivity index (χ1n) is 6.92. The van der Waals surface area contributed by atoms with Gasteiger partial charge in [0.2, 0.25) is 5.75 Å². The van der Waals surface area contributed by atoms with E-state index in [1.165, 1.54) is 7.11 Å². The molecule has 0 saturated carbocycles. The van der Waals surface area contributed by atoms with E-state index in [1.54, 1.807) is 44.4 Å². The van der Waals surface area contributed by atoms with Crippen molar-refractivity contribution < 1.29 is 23.7 Å². The Morgan fingerprint density at radius 3 is 2.04 bits per heavy atom. The van der Waals surface area contributed by atoms with E-state index < -0.39 is 5.97 Å². The third kappa shape index (κ3) is 3.83. The number of benzene rings is 2. The maximum atomic E-state index is 11.9. The molecule has 120 valence electrons. The summed E-state index contributed by atoms with van der Waals surface area (Å²) in [5.74, 6) is 1.41. The number of carbonyl (C=O) groups is 1. The average Bonchev–Trinajstić information content (AvgIpc) is 2.56. The SMILES string of the molecule is C=C(C)C(=O)Oc1c(OC)cccc1Oc1ccccc1OC. The highest BCUT2D eigenvalue weighted by Crippen LogP contribution is 2.41. The second-order valence-electron chi connectivity index (χ2n) is 4.71. The summed E-state index contributed by atoms with van der Waals surface area (Å²) in [6.45, 7) is 5.14. The van der Waals surface area contributed by atoms with Crippen LogP contribution in [0, 0.1) is 0 Å².